The second-order valence-electron chi connectivity index (χ2n) is 5.38. The van der Waals surface area contributed by atoms with Crippen LogP contribution in [0.4, 0.5) is 16.2 Å². The Morgan fingerprint density at radius 3 is 2.56 bits per heavy atom. The van der Waals surface area contributed by atoms with Crippen molar-refractivity contribution in [1.82, 2.24) is 5.43 Å². The Hall–Kier alpha value is -2.57. The molecule has 0 saturated heterocycles. The first-order valence-corrected chi connectivity index (χ1v) is 8.19. The van der Waals surface area contributed by atoms with Crippen molar-refractivity contribution in [3.8, 4) is 0 Å². The molecule has 3 rings (SSSR count). The minimum atomic E-state index is -0.790. The van der Waals surface area contributed by atoms with Crippen LogP contribution in [0.15, 0.2) is 42.5 Å². The molecule has 1 aliphatic rings. The average molecular weight is 378 g/mol. The van der Waals surface area contributed by atoms with Gasteiger partial charge >= 0.3 is 11.9 Å². The largest absolute Gasteiger partial charge is 0.338 e. The average Bonchev–Trinajstić information content (AvgIpc) is 2.70. The Kier molecular flexibility index (Phi) is 4.92. The van der Waals surface area contributed by atoms with Crippen LogP contribution >= 0.6 is 23.2 Å². The van der Waals surface area contributed by atoms with Crippen molar-refractivity contribution < 1.29 is 14.4 Å². The Morgan fingerprint density at radius 1 is 1.04 bits per heavy atom. The van der Waals surface area contributed by atoms with Gasteiger partial charge in [-0.15, -0.1) is 0 Å². The molecule has 2 aromatic carbocycles. The molecule has 2 aromatic rings. The predicted molar refractivity (Wildman–Crippen MR) is 95.9 cm³/mol. The number of nitrogens with zero attached hydrogens (tertiary/aromatic N) is 1. The van der Waals surface area contributed by atoms with Gasteiger partial charge in [-0.05, 0) is 36.2 Å². The zero-order chi connectivity index (χ0) is 18.0. The third-order valence-corrected chi connectivity index (χ3v) is 4.24. The van der Waals surface area contributed by atoms with Crippen LogP contribution in [-0.4, -0.2) is 17.7 Å². The summed E-state index contributed by atoms with van der Waals surface area (Å²) in [5, 5.41) is 4.17. The quantitative estimate of drug-likeness (QED) is 0.785. The topological polar surface area (TPSA) is 78.5 Å². The number of hydrazine groups is 1. The van der Waals surface area contributed by atoms with Crippen LogP contribution < -0.4 is 15.8 Å². The van der Waals surface area contributed by atoms with Gasteiger partial charge in [0, 0.05) is 11.4 Å². The van der Waals surface area contributed by atoms with Gasteiger partial charge in [-0.3, -0.25) is 9.59 Å². The Labute approximate surface area is 153 Å². The smallest absolute Gasteiger partial charge is 0.305 e. The van der Waals surface area contributed by atoms with E-state index in [1.54, 1.807) is 18.2 Å². The molecular formula is C17H13Cl2N3O3. The summed E-state index contributed by atoms with van der Waals surface area (Å²) in [7, 11) is 0. The highest BCUT2D eigenvalue weighted by Crippen LogP contribution is 2.26. The van der Waals surface area contributed by atoms with Crippen LogP contribution in [0.2, 0.25) is 10.0 Å². The van der Waals surface area contributed by atoms with Crippen molar-refractivity contribution in [1.29, 1.82) is 0 Å². The fraction of sp³-hybridized carbons (Fsp3) is 0.118. The van der Waals surface area contributed by atoms with Crippen LogP contribution in [0.25, 0.3) is 0 Å². The lowest BCUT2D eigenvalue weighted by molar-refractivity contribution is -0.136. The summed E-state index contributed by atoms with van der Waals surface area (Å²) in [4.78, 5) is 36.5. The number of carbonyl (C=O) groups is 3. The maximum atomic E-state index is 12.3. The summed E-state index contributed by atoms with van der Waals surface area (Å²) in [5.74, 6) is -1.36. The van der Waals surface area contributed by atoms with Gasteiger partial charge in [0.15, 0.2) is 0 Å². The highest BCUT2D eigenvalue weighted by molar-refractivity contribution is 6.42. The number of Topliss-reactive ketones (excluding diaryl/α,β-unsaturated/α-hetero) is 1. The van der Waals surface area contributed by atoms with Gasteiger partial charge in [-0.1, -0.05) is 41.4 Å². The molecule has 0 bridgehead atoms. The van der Waals surface area contributed by atoms with E-state index in [1.165, 1.54) is 12.1 Å². The van der Waals surface area contributed by atoms with Crippen molar-refractivity contribution in [2.75, 3.05) is 10.3 Å². The molecule has 6 nitrogen and oxygen atoms in total. The first-order chi connectivity index (χ1) is 12.0. The van der Waals surface area contributed by atoms with Crippen LogP contribution in [0, 0.1) is 0 Å². The Balaban J connectivity index is 1.83. The van der Waals surface area contributed by atoms with E-state index in [9.17, 15) is 14.4 Å². The molecule has 0 radical (unpaired) electrons. The second-order valence-corrected chi connectivity index (χ2v) is 6.23. The Morgan fingerprint density at radius 2 is 1.80 bits per heavy atom. The monoisotopic (exact) mass is 377 g/mol. The van der Waals surface area contributed by atoms with Crippen molar-refractivity contribution in [3.05, 3.63) is 58.1 Å². The molecule has 0 atom stereocenters. The number of hydrogen-bond acceptors (Lipinski definition) is 3. The maximum Gasteiger partial charge on any atom is 0.338 e. The molecular weight excluding hydrogens is 365 g/mol. The van der Waals surface area contributed by atoms with Gasteiger partial charge < -0.3 is 5.32 Å². The number of carbonyl (C=O) groups excluding carboxylic acids is 3. The molecule has 1 heterocycles. The van der Waals surface area contributed by atoms with Crippen LogP contribution in [-0.2, 0) is 16.0 Å². The minimum Gasteiger partial charge on any atom is -0.305 e. The number of benzene rings is 2. The number of anilines is 2. The fourth-order valence-electron chi connectivity index (χ4n) is 2.48. The number of amides is 3. The Bertz CT molecular complexity index is 870. The molecule has 8 heteroatoms. The van der Waals surface area contributed by atoms with E-state index in [1.807, 2.05) is 12.1 Å². The van der Waals surface area contributed by atoms with E-state index >= 15 is 0 Å². The van der Waals surface area contributed by atoms with E-state index < -0.39 is 17.7 Å². The van der Waals surface area contributed by atoms with Crippen LogP contribution in [0.5, 0.6) is 0 Å². The highest BCUT2D eigenvalue weighted by Gasteiger charge is 2.29. The maximum absolute atomic E-state index is 12.3. The number of para-hydroxylation sites is 1. The number of ketones is 1. The third-order valence-electron chi connectivity index (χ3n) is 3.69. The lowest BCUT2D eigenvalue weighted by Crippen LogP contribution is -2.50. The van der Waals surface area contributed by atoms with E-state index in [0.29, 0.717) is 22.8 Å². The van der Waals surface area contributed by atoms with Gasteiger partial charge in [0.05, 0.1) is 16.4 Å². The summed E-state index contributed by atoms with van der Waals surface area (Å²) < 4.78 is 0. The number of fused-ring (bicyclic) bond motifs is 1. The summed E-state index contributed by atoms with van der Waals surface area (Å²) in [6.45, 7) is 0. The van der Waals surface area contributed by atoms with Gasteiger partial charge in [-0.25, -0.2) is 15.2 Å². The van der Waals surface area contributed by atoms with Crippen LogP contribution in [0.1, 0.15) is 12.0 Å². The van der Waals surface area contributed by atoms with Crippen molar-refractivity contribution in [2.24, 2.45) is 0 Å². The molecule has 0 aromatic heterocycles. The van der Waals surface area contributed by atoms with Crippen LogP contribution in [0.3, 0.4) is 0 Å². The number of hydrogen-bond donors (Lipinski definition) is 2. The summed E-state index contributed by atoms with van der Waals surface area (Å²) in [6, 6.07) is 10.9. The van der Waals surface area contributed by atoms with E-state index in [0.717, 1.165) is 10.6 Å². The lowest BCUT2D eigenvalue weighted by atomic mass is 10.1. The van der Waals surface area contributed by atoms with Gasteiger partial charge in [0.2, 0.25) is 5.78 Å². The van der Waals surface area contributed by atoms with E-state index in [-0.39, 0.29) is 11.4 Å². The van der Waals surface area contributed by atoms with Gasteiger partial charge in [0.25, 0.3) is 0 Å². The summed E-state index contributed by atoms with van der Waals surface area (Å²) in [5.41, 5.74) is 4.00. The number of aryl methyl sites for hydroxylation is 1. The fourth-order valence-corrected chi connectivity index (χ4v) is 2.94. The first kappa shape index (κ1) is 17.3. The van der Waals surface area contributed by atoms with E-state index in [4.69, 9.17) is 23.2 Å². The van der Waals surface area contributed by atoms with Crippen molar-refractivity contribution in [2.45, 2.75) is 12.8 Å². The minimum absolute atomic E-state index is 0.0959. The zero-order valence-corrected chi connectivity index (χ0v) is 14.4. The van der Waals surface area contributed by atoms with Crippen molar-refractivity contribution >= 4 is 52.3 Å². The second kappa shape index (κ2) is 7.13. The molecule has 0 fully saturated rings. The van der Waals surface area contributed by atoms with E-state index in [2.05, 4.69) is 10.7 Å². The first-order valence-electron chi connectivity index (χ1n) is 7.43. The van der Waals surface area contributed by atoms with Gasteiger partial charge in [-0.2, -0.15) is 0 Å². The molecule has 128 valence electrons. The standard InChI is InChI=1S/C17H13Cl2N3O3/c18-11-6-7-13(12(19)9-11)20-17(25)21-22-14-4-2-1-3-10(14)5-8-15(23)16(22)24/h1-4,6-7,9H,5,8H2,(H2,20,21,25). The van der Waals surface area contributed by atoms with Gasteiger partial charge in [0.1, 0.15) is 0 Å². The lowest BCUT2D eigenvalue weighted by Gasteiger charge is -2.23. The summed E-state index contributed by atoms with van der Waals surface area (Å²) in [6.07, 6.45) is 0.530. The van der Waals surface area contributed by atoms with Crippen molar-refractivity contribution in [3.63, 3.8) is 0 Å². The molecule has 0 spiro atoms. The number of halogens is 2. The molecule has 0 aliphatic carbocycles. The SMILES string of the molecule is O=C(Nc1ccc(Cl)cc1Cl)NN1C(=O)C(=O)CCc2ccccc21. The highest BCUT2D eigenvalue weighted by atomic mass is 35.5. The third kappa shape index (κ3) is 3.75. The normalized spacial score (nSPS) is 13.9. The number of rotatable bonds is 2. The number of urea groups is 1. The summed E-state index contributed by atoms with van der Waals surface area (Å²) >= 11 is 11.8. The molecule has 2 N–H and O–H groups in total. The zero-order valence-electron chi connectivity index (χ0n) is 12.9. The molecule has 3 amide bonds. The molecule has 0 unspecified atom stereocenters. The predicted octanol–water partition coefficient (Wildman–Crippen LogP) is 3.58. The molecule has 0 saturated carbocycles. The number of nitrogens with one attached hydrogen (secondary N) is 2. The molecule has 25 heavy (non-hydrogen) atoms. The molecule has 1 aliphatic heterocycles.